The topological polar surface area (TPSA) is 79.2 Å². The number of carbonyl (C=O) groups is 1. The van der Waals surface area contributed by atoms with Gasteiger partial charge in [-0.2, -0.15) is 0 Å². The van der Waals surface area contributed by atoms with Crippen LogP contribution in [-0.2, 0) is 11.8 Å². The minimum absolute atomic E-state index is 0.0340. The molecule has 1 fully saturated rings. The zero-order chi connectivity index (χ0) is 19.7. The van der Waals surface area contributed by atoms with Gasteiger partial charge in [-0.1, -0.05) is 17.3 Å². The predicted molar refractivity (Wildman–Crippen MR) is 109 cm³/mol. The number of piperazine rings is 1. The normalized spacial score (nSPS) is 18.5. The number of anilines is 1. The van der Waals surface area contributed by atoms with Crippen LogP contribution in [0.25, 0.3) is 22.0 Å². The second-order valence-electron chi connectivity index (χ2n) is 7.54. The molecule has 8 nitrogen and oxygen atoms in total. The number of aryl methyl sites for hydroxylation is 1. The summed E-state index contributed by atoms with van der Waals surface area (Å²) in [6.07, 6.45) is 3.66. The highest BCUT2D eigenvalue weighted by Crippen LogP contribution is 2.24. The summed E-state index contributed by atoms with van der Waals surface area (Å²) in [6, 6.07) is 8.31. The Morgan fingerprint density at radius 3 is 2.82 bits per heavy atom. The van der Waals surface area contributed by atoms with Crippen molar-refractivity contribution < 1.29 is 4.79 Å². The summed E-state index contributed by atoms with van der Waals surface area (Å²) < 4.78 is 1.68. The first-order valence-electron chi connectivity index (χ1n) is 9.47. The lowest BCUT2D eigenvalue weighted by molar-refractivity contribution is -0.118. The average Bonchev–Trinajstić information content (AvgIpc) is 3.10. The molecule has 1 amide bonds. The molecule has 3 heterocycles. The number of fused-ring (bicyclic) bond motifs is 1. The largest absolute Gasteiger partial charge is 0.310 e. The second kappa shape index (κ2) is 7.65. The molecule has 0 radical (unpaired) electrons. The lowest BCUT2D eigenvalue weighted by atomic mass is 10.1. The fourth-order valence-electron chi connectivity index (χ4n) is 3.63. The number of hydrogen-bond acceptors (Lipinski definition) is 6. The van der Waals surface area contributed by atoms with Crippen LogP contribution in [0.1, 0.15) is 6.92 Å². The molecule has 0 aliphatic carbocycles. The minimum Gasteiger partial charge on any atom is -0.310 e. The molecule has 1 aromatic carbocycles. The third-order valence-corrected chi connectivity index (χ3v) is 5.20. The van der Waals surface area contributed by atoms with Crippen molar-refractivity contribution in [2.75, 3.05) is 38.5 Å². The second-order valence-corrected chi connectivity index (χ2v) is 7.54. The predicted octanol–water partition coefficient (Wildman–Crippen LogP) is 1.60. The van der Waals surface area contributed by atoms with E-state index in [4.69, 9.17) is 0 Å². The van der Waals surface area contributed by atoms with Crippen molar-refractivity contribution >= 4 is 22.5 Å². The summed E-state index contributed by atoms with van der Waals surface area (Å²) >= 11 is 0. The molecular weight excluding hydrogens is 354 g/mol. The molecule has 4 rings (SSSR count). The van der Waals surface area contributed by atoms with Gasteiger partial charge >= 0.3 is 0 Å². The first kappa shape index (κ1) is 18.5. The molecule has 0 saturated carbocycles. The molecule has 0 bridgehead atoms. The first-order chi connectivity index (χ1) is 13.5. The number of amides is 1. The van der Waals surface area contributed by atoms with Gasteiger partial charge in [-0.05, 0) is 31.5 Å². The highest BCUT2D eigenvalue weighted by atomic mass is 16.2. The van der Waals surface area contributed by atoms with E-state index in [1.165, 1.54) is 0 Å². The summed E-state index contributed by atoms with van der Waals surface area (Å²) in [4.78, 5) is 21.4. The Morgan fingerprint density at radius 1 is 1.21 bits per heavy atom. The maximum absolute atomic E-state index is 12.5. The lowest BCUT2D eigenvalue weighted by Gasteiger charge is -2.37. The molecule has 1 aliphatic rings. The number of hydrogen-bond donors (Lipinski definition) is 1. The van der Waals surface area contributed by atoms with Crippen molar-refractivity contribution in [1.29, 1.82) is 0 Å². The van der Waals surface area contributed by atoms with Gasteiger partial charge in [0, 0.05) is 49.9 Å². The van der Waals surface area contributed by atoms with Crippen molar-refractivity contribution in [2.24, 2.45) is 7.05 Å². The van der Waals surface area contributed by atoms with Crippen molar-refractivity contribution in [2.45, 2.75) is 13.0 Å². The zero-order valence-corrected chi connectivity index (χ0v) is 16.5. The zero-order valence-electron chi connectivity index (χ0n) is 16.5. The molecule has 1 saturated heterocycles. The Bertz CT molecular complexity index is 999. The number of nitrogens with one attached hydrogen (secondary N) is 1. The maximum atomic E-state index is 12.5. The number of likely N-dealkylation sites (N-methyl/N-ethyl adjacent to an activating group) is 1. The van der Waals surface area contributed by atoms with Crippen molar-refractivity contribution in [1.82, 2.24) is 29.8 Å². The average molecular weight is 379 g/mol. The van der Waals surface area contributed by atoms with Gasteiger partial charge in [-0.15, -0.1) is 5.10 Å². The number of aromatic nitrogens is 4. The Hall–Kier alpha value is -2.84. The van der Waals surface area contributed by atoms with Crippen LogP contribution in [0.4, 0.5) is 5.82 Å². The minimum atomic E-state index is -0.0340. The molecule has 8 heteroatoms. The third kappa shape index (κ3) is 4.02. The summed E-state index contributed by atoms with van der Waals surface area (Å²) in [5.41, 5.74) is 1.80. The van der Waals surface area contributed by atoms with Crippen LogP contribution >= 0.6 is 0 Å². The van der Waals surface area contributed by atoms with E-state index >= 15 is 0 Å². The van der Waals surface area contributed by atoms with Gasteiger partial charge in [0.25, 0.3) is 0 Å². The third-order valence-electron chi connectivity index (χ3n) is 5.20. The van der Waals surface area contributed by atoms with Crippen molar-refractivity contribution in [3.05, 3.63) is 36.7 Å². The standard InChI is InChI=1S/C20H25N7O/c1-14-11-25(2)6-7-27(14)13-20(28)22-19-9-17-8-15(4-5-16(17)10-21-19)18-12-26(3)24-23-18/h4-5,8-10,12,14H,6-7,11,13H2,1-3H3,(H,21,22,28). The van der Waals surface area contributed by atoms with Gasteiger partial charge in [0.05, 0.1) is 12.7 Å². The molecule has 1 N–H and O–H groups in total. The smallest absolute Gasteiger partial charge is 0.239 e. The lowest BCUT2D eigenvalue weighted by Crippen LogP contribution is -2.52. The van der Waals surface area contributed by atoms with Crippen LogP contribution in [0.2, 0.25) is 0 Å². The maximum Gasteiger partial charge on any atom is 0.239 e. The molecule has 1 aliphatic heterocycles. The Balaban J connectivity index is 1.48. The van der Waals surface area contributed by atoms with E-state index in [1.54, 1.807) is 10.9 Å². The Labute approximate surface area is 164 Å². The molecular formula is C20H25N7O. The fraction of sp³-hybridized carbons (Fsp3) is 0.400. The molecule has 3 aromatic rings. The number of pyridine rings is 1. The van der Waals surface area contributed by atoms with Crippen LogP contribution in [0, 0.1) is 0 Å². The molecule has 146 valence electrons. The summed E-state index contributed by atoms with van der Waals surface area (Å²) in [6.45, 7) is 5.40. The summed E-state index contributed by atoms with van der Waals surface area (Å²) in [5.74, 6) is 0.531. The Kier molecular flexibility index (Phi) is 5.06. The number of carbonyl (C=O) groups excluding carboxylic acids is 1. The van der Waals surface area contributed by atoms with E-state index in [1.807, 2.05) is 37.5 Å². The highest BCUT2D eigenvalue weighted by Gasteiger charge is 2.23. The van der Waals surface area contributed by atoms with E-state index in [0.717, 1.165) is 41.7 Å². The van der Waals surface area contributed by atoms with E-state index in [0.29, 0.717) is 18.4 Å². The van der Waals surface area contributed by atoms with Crippen LogP contribution in [0.5, 0.6) is 0 Å². The Morgan fingerprint density at radius 2 is 2.07 bits per heavy atom. The molecule has 0 spiro atoms. The van der Waals surface area contributed by atoms with Crippen LogP contribution in [-0.4, -0.2) is 75.0 Å². The number of benzene rings is 1. The van der Waals surface area contributed by atoms with Gasteiger partial charge in [0.2, 0.25) is 5.91 Å². The fourth-order valence-corrected chi connectivity index (χ4v) is 3.63. The van der Waals surface area contributed by atoms with Gasteiger partial charge in [0.1, 0.15) is 11.5 Å². The summed E-state index contributed by atoms with van der Waals surface area (Å²) in [5, 5.41) is 13.1. The van der Waals surface area contributed by atoms with E-state index in [2.05, 4.69) is 44.4 Å². The van der Waals surface area contributed by atoms with Gasteiger partial charge < -0.3 is 10.2 Å². The molecule has 1 unspecified atom stereocenters. The molecule has 2 aromatic heterocycles. The number of nitrogens with zero attached hydrogens (tertiary/aromatic N) is 6. The molecule has 28 heavy (non-hydrogen) atoms. The monoisotopic (exact) mass is 379 g/mol. The van der Waals surface area contributed by atoms with E-state index in [9.17, 15) is 4.79 Å². The van der Waals surface area contributed by atoms with Gasteiger partial charge in [0.15, 0.2) is 0 Å². The van der Waals surface area contributed by atoms with Crippen LogP contribution < -0.4 is 5.32 Å². The van der Waals surface area contributed by atoms with Crippen LogP contribution in [0.3, 0.4) is 0 Å². The van der Waals surface area contributed by atoms with Crippen molar-refractivity contribution in [3.63, 3.8) is 0 Å². The van der Waals surface area contributed by atoms with Crippen LogP contribution in [0.15, 0.2) is 36.7 Å². The van der Waals surface area contributed by atoms with E-state index in [-0.39, 0.29) is 5.91 Å². The highest BCUT2D eigenvalue weighted by molar-refractivity contribution is 5.94. The first-order valence-corrected chi connectivity index (χ1v) is 9.47. The van der Waals surface area contributed by atoms with Gasteiger partial charge in [-0.3, -0.25) is 14.4 Å². The molecule has 1 atom stereocenters. The SMILES string of the molecule is CC1CN(C)CCN1CC(=O)Nc1cc2cc(-c3cn(C)nn3)ccc2cn1. The quantitative estimate of drug-likeness (QED) is 0.742. The summed E-state index contributed by atoms with van der Waals surface area (Å²) in [7, 11) is 3.96. The van der Waals surface area contributed by atoms with Crippen molar-refractivity contribution in [3.8, 4) is 11.3 Å². The van der Waals surface area contributed by atoms with E-state index < -0.39 is 0 Å². The van der Waals surface area contributed by atoms with Gasteiger partial charge in [-0.25, -0.2) is 4.98 Å². The number of rotatable bonds is 4.